The molecule has 2 heterocycles. The van der Waals surface area contributed by atoms with Gasteiger partial charge in [0.1, 0.15) is 17.9 Å². The van der Waals surface area contributed by atoms with Crippen LogP contribution in [-0.2, 0) is 21.8 Å². The smallest absolute Gasteiger partial charge is 0.323 e. The summed E-state index contributed by atoms with van der Waals surface area (Å²) in [6.07, 6.45) is 1.04. The number of nitrogens with zero attached hydrogens (tertiary/aromatic N) is 3. The lowest BCUT2D eigenvalue weighted by Gasteiger charge is -2.21. The van der Waals surface area contributed by atoms with Gasteiger partial charge in [-0.3, -0.25) is 19.8 Å². The van der Waals surface area contributed by atoms with Crippen molar-refractivity contribution in [1.29, 1.82) is 0 Å². The monoisotopic (exact) mass is 499 g/mol. The lowest BCUT2D eigenvalue weighted by atomic mass is 9.93. The van der Waals surface area contributed by atoms with E-state index >= 15 is 0 Å². The van der Waals surface area contributed by atoms with Crippen LogP contribution in [0.4, 0.5) is 14.3 Å². The molecule has 11 heteroatoms. The molecule has 4 rings (SSSR count). The van der Waals surface area contributed by atoms with E-state index in [9.17, 15) is 18.8 Å². The summed E-state index contributed by atoms with van der Waals surface area (Å²) in [6, 6.07) is 15.3. The molecule has 1 aliphatic heterocycles. The third kappa shape index (κ3) is 5.78. The molecule has 0 aliphatic carbocycles. The largest absolute Gasteiger partial charge is 0.325 e. The number of anilines is 1. The first-order valence-corrected chi connectivity index (χ1v) is 12.3. The van der Waals surface area contributed by atoms with Gasteiger partial charge in [-0.25, -0.2) is 9.18 Å². The van der Waals surface area contributed by atoms with Gasteiger partial charge < -0.3 is 5.32 Å². The molecule has 1 fully saturated rings. The van der Waals surface area contributed by atoms with E-state index in [0.29, 0.717) is 22.9 Å². The number of aromatic nitrogens is 2. The van der Waals surface area contributed by atoms with Crippen LogP contribution >= 0.6 is 23.1 Å². The third-order valence-corrected chi connectivity index (χ3v) is 7.37. The first-order valence-electron chi connectivity index (χ1n) is 10.5. The molecular weight excluding hydrogens is 477 g/mol. The molecule has 0 saturated carbocycles. The van der Waals surface area contributed by atoms with Crippen molar-refractivity contribution < 1.29 is 18.8 Å². The number of thioether (sulfide) groups is 1. The van der Waals surface area contributed by atoms with E-state index in [1.165, 1.54) is 35.2 Å². The van der Waals surface area contributed by atoms with Crippen molar-refractivity contribution in [2.24, 2.45) is 0 Å². The van der Waals surface area contributed by atoms with E-state index in [1.54, 1.807) is 19.1 Å². The molecule has 0 bridgehead atoms. The molecule has 8 nitrogen and oxygen atoms in total. The Morgan fingerprint density at radius 2 is 1.85 bits per heavy atom. The van der Waals surface area contributed by atoms with Gasteiger partial charge >= 0.3 is 6.03 Å². The summed E-state index contributed by atoms with van der Waals surface area (Å²) in [5.41, 5.74) is 0.924. The fourth-order valence-corrected chi connectivity index (χ4v) is 5.17. The van der Waals surface area contributed by atoms with E-state index in [2.05, 4.69) is 20.8 Å². The van der Waals surface area contributed by atoms with Crippen LogP contribution in [0.1, 0.15) is 24.5 Å². The molecule has 2 N–H and O–H groups in total. The maximum atomic E-state index is 13.0. The number of rotatable bonds is 9. The van der Waals surface area contributed by atoms with Gasteiger partial charge in [0.25, 0.3) is 5.91 Å². The zero-order valence-corrected chi connectivity index (χ0v) is 19.9. The number of carbonyl (C=O) groups is 3. The van der Waals surface area contributed by atoms with Crippen LogP contribution in [0.15, 0.2) is 58.9 Å². The van der Waals surface area contributed by atoms with Crippen LogP contribution in [0.2, 0.25) is 0 Å². The van der Waals surface area contributed by atoms with Gasteiger partial charge in [0.05, 0.1) is 0 Å². The van der Waals surface area contributed by atoms with Gasteiger partial charge in [-0.05, 0) is 43.0 Å². The minimum absolute atomic E-state index is 0.269. The highest BCUT2D eigenvalue weighted by molar-refractivity contribution is 8.00. The standard InChI is InChI=1S/C23H22FN5O3S2/c1-23(12-11-15-5-3-2-4-6-15)19(31)29(21(32)26-23)13-18(30)25-20-27-28-22(34-20)33-14-16-7-9-17(24)10-8-16/h2-10H,11-14H2,1H3,(H,26,32)(H,25,27,30)/t23-/m1/s1. The summed E-state index contributed by atoms with van der Waals surface area (Å²) >= 11 is 2.59. The number of amides is 4. The summed E-state index contributed by atoms with van der Waals surface area (Å²) in [5.74, 6) is -0.692. The fraction of sp³-hybridized carbons (Fsp3) is 0.261. The SMILES string of the molecule is C[C@]1(CCc2ccccc2)NC(=O)N(CC(=O)Nc2nnc(SCc3ccc(F)cc3)s2)C1=O. The second-order valence-corrected chi connectivity index (χ2v) is 10.2. The Hall–Kier alpha value is -3.31. The van der Waals surface area contributed by atoms with Gasteiger partial charge in [-0.1, -0.05) is 65.6 Å². The zero-order valence-electron chi connectivity index (χ0n) is 18.3. The van der Waals surface area contributed by atoms with Crippen molar-refractivity contribution in [2.45, 2.75) is 35.4 Å². The number of imide groups is 1. The van der Waals surface area contributed by atoms with Crippen molar-refractivity contribution >= 4 is 46.1 Å². The number of benzene rings is 2. The predicted octanol–water partition coefficient (Wildman–Crippen LogP) is 3.85. The number of urea groups is 1. The number of aryl methyl sites for hydroxylation is 1. The van der Waals surface area contributed by atoms with E-state index in [0.717, 1.165) is 16.0 Å². The van der Waals surface area contributed by atoms with E-state index in [1.807, 2.05) is 30.3 Å². The molecule has 0 spiro atoms. The quantitative estimate of drug-likeness (QED) is 0.263. The molecule has 0 unspecified atom stereocenters. The van der Waals surface area contributed by atoms with Crippen LogP contribution in [0, 0.1) is 5.82 Å². The molecule has 2 aromatic carbocycles. The van der Waals surface area contributed by atoms with Crippen molar-refractivity contribution in [3.8, 4) is 0 Å². The molecular formula is C23H22FN5O3S2. The summed E-state index contributed by atoms with van der Waals surface area (Å²) < 4.78 is 13.6. The molecule has 1 atom stereocenters. The van der Waals surface area contributed by atoms with Crippen molar-refractivity contribution in [3.63, 3.8) is 0 Å². The van der Waals surface area contributed by atoms with Crippen molar-refractivity contribution in [1.82, 2.24) is 20.4 Å². The molecule has 4 amide bonds. The summed E-state index contributed by atoms with van der Waals surface area (Å²) in [4.78, 5) is 38.7. The first kappa shape index (κ1) is 23.8. The lowest BCUT2D eigenvalue weighted by Crippen LogP contribution is -2.45. The van der Waals surface area contributed by atoms with Crippen LogP contribution in [0.5, 0.6) is 0 Å². The highest BCUT2D eigenvalue weighted by Crippen LogP contribution is 2.28. The fourth-order valence-electron chi connectivity index (χ4n) is 3.45. The van der Waals surface area contributed by atoms with E-state index in [4.69, 9.17) is 0 Å². The van der Waals surface area contributed by atoms with Crippen molar-refractivity contribution in [3.05, 3.63) is 71.5 Å². The average molecular weight is 500 g/mol. The maximum absolute atomic E-state index is 13.0. The number of nitrogens with one attached hydrogen (secondary N) is 2. The number of carbonyl (C=O) groups excluding carboxylic acids is 3. The van der Waals surface area contributed by atoms with E-state index < -0.39 is 29.9 Å². The maximum Gasteiger partial charge on any atom is 0.325 e. The number of halogens is 1. The molecule has 0 radical (unpaired) electrons. The second-order valence-electron chi connectivity index (χ2n) is 7.98. The van der Waals surface area contributed by atoms with Gasteiger partial charge in [0.2, 0.25) is 11.0 Å². The number of hydrogen-bond donors (Lipinski definition) is 2. The highest BCUT2D eigenvalue weighted by atomic mass is 32.2. The molecule has 34 heavy (non-hydrogen) atoms. The second kappa shape index (κ2) is 10.3. The molecule has 1 aromatic heterocycles. The van der Waals surface area contributed by atoms with Gasteiger partial charge in [0, 0.05) is 5.75 Å². The Morgan fingerprint density at radius 1 is 1.12 bits per heavy atom. The average Bonchev–Trinajstić information content (AvgIpc) is 3.35. The Kier molecular flexibility index (Phi) is 7.23. The zero-order chi connectivity index (χ0) is 24.1. The van der Waals surface area contributed by atoms with Gasteiger partial charge in [0.15, 0.2) is 4.34 Å². The van der Waals surface area contributed by atoms with E-state index in [-0.39, 0.29) is 10.9 Å². The van der Waals surface area contributed by atoms with Gasteiger partial charge in [-0.2, -0.15) is 0 Å². The Bertz CT molecular complexity index is 1190. The van der Waals surface area contributed by atoms with Crippen LogP contribution < -0.4 is 10.6 Å². The van der Waals surface area contributed by atoms with Crippen molar-refractivity contribution in [2.75, 3.05) is 11.9 Å². The van der Waals surface area contributed by atoms with Crippen LogP contribution in [0.3, 0.4) is 0 Å². The minimum Gasteiger partial charge on any atom is -0.323 e. The topological polar surface area (TPSA) is 104 Å². The first-order chi connectivity index (χ1) is 16.3. The molecule has 176 valence electrons. The molecule has 1 saturated heterocycles. The summed E-state index contributed by atoms with van der Waals surface area (Å²) in [5, 5.41) is 13.5. The molecule has 3 aromatic rings. The third-order valence-electron chi connectivity index (χ3n) is 5.33. The number of hydrogen-bond acceptors (Lipinski definition) is 7. The predicted molar refractivity (Wildman–Crippen MR) is 128 cm³/mol. The van der Waals surface area contributed by atoms with Crippen LogP contribution in [0.25, 0.3) is 0 Å². The molecule has 1 aliphatic rings. The Balaban J connectivity index is 1.29. The summed E-state index contributed by atoms with van der Waals surface area (Å²) in [7, 11) is 0. The van der Waals surface area contributed by atoms with Crippen LogP contribution in [-0.4, -0.2) is 45.0 Å². The Labute approximate surface area is 204 Å². The Morgan fingerprint density at radius 3 is 2.59 bits per heavy atom. The summed E-state index contributed by atoms with van der Waals surface area (Å²) in [6.45, 7) is 1.26. The van der Waals surface area contributed by atoms with Gasteiger partial charge in [-0.15, -0.1) is 10.2 Å². The normalized spacial score (nSPS) is 17.6. The lowest BCUT2D eigenvalue weighted by molar-refractivity contribution is -0.133. The highest BCUT2D eigenvalue weighted by Gasteiger charge is 2.47. The minimum atomic E-state index is -1.07.